The molecule has 7 heteroatoms. The third kappa shape index (κ3) is 3.08. The average Bonchev–Trinajstić information content (AvgIpc) is 2.38. The number of benzene rings is 1. The number of hydrogen-bond donors (Lipinski definition) is 0. The normalized spacial score (nSPS) is 15.1. The molecule has 19 heavy (non-hydrogen) atoms. The fraction of sp³-hybridized carbons (Fsp3) is 0.333. The Morgan fingerprint density at radius 3 is 2.47 bits per heavy atom. The van der Waals surface area contributed by atoms with Crippen molar-refractivity contribution in [2.45, 2.75) is 18.6 Å². The van der Waals surface area contributed by atoms with Gasteiger partial charge in [-0.15, -0.1) is 11.6 Å². The average molecular weight is 286 g/mol. The topological polar surface area (TPSA) is 86.5 Å². The van der Waals surface area contributed by atoms with Gasteiger partial charge in [-0.25, -0.2) is 0 Å². The molecule has 0 saturated carbocycles. The third-order valence-electron chi connectivity index (χ3n) is 2.65. The molecule has 1 aromatic carbocycles. The Balaban J connectivity index is 3.23. The first-order valence-corrected chi connectivity index (χ1v) is 5.92. The van der Waals surface area contributed by atoms with Crippen LogP contribution in [0.3, 0.4) is 0 Å². The number of hydrogen-bond acceptors (Lipinski definition) is 5. The van der Waals surface area contributed by atoms with Crippen LogP contribution in [0.1, 0.15) is 6.92 Å². The minimum atomic E-state index is -2.22. The summed E-state index contributed by atoms with van der Waals surface area (Å²) < 4.78 is 5.28. The lowest BCUT2D eigenvalue weighted by Gasteiger charge is -2.27. The van der Waals surface area contributed by atoms with E-state index in [1.54, 1.807) is 18.2 Å². The van der Waals surface area contributed by atoms with Crippen molar-refractivity contribution in [2.75, 3.05) is 5.88 Å². The van der Waals surface area contributed by atoms with Gasteiger partial charge >= 0.3 is 0 Å². The maximum Gasteiger partial charge on any atom is 0.288 e. The summed E-state index contributed by atoms with van der Waals surface area (Å²) in [5, 5.41) is 11.0. The van der Waals surface area contributed by atoms with Crippen LogP contribution in [0.5, 0.6) is 5.75 Å². The summed E-state index contributed by atoms with van der Waals surface area (Å²) in [4.78, 5) is 33.1. The second-order valence-electron chi connectivity index (χ2n) is 3.84. The van der Waals surface area contributed by atoms with Gasteiger partial charge in [0.1, 0.15) is 5.75 Å². The number of alkyl halides is 1. The zero-order valence-corrected chi connectivity index (χ0v) is 10.9. The molecule has 0 aromatic heterocycles. The van der Waals surface area contributed by atoms with Gasteiger partial charge in [0.25, 0.3) is 11.6 Å². The second kappa shape index (κ2) is 6.29. The Morgan fingerprint density at radius 1 is 1.53 bits per heavy atom. The fourth-order valence-electron chi connectivity index (χ4n) is 1.57. The van der Waals surface area contributed by atoms with E-state index in [2.05, 4.69) is 0 Å². The van der Waals surface area contributed by atoms with E-state index in [1.807, 2.05) is 0 Å². The lowest BCUT2D eigenvalue weighted by molar-refractivity contribution is -0.529. The molecule has 2 unspecified atom stereocenters. The Kier molecular flexibility index (Phi) is 5.00. The number of carbonyl (C=O) groups excluding carboxylic acids is 2. The number of rotatable bonds is 7. The van der Waals surface area contributed by atoms with E-state index >= 15 is 0 Å². The fourth-order valence-corrected chi connectivity index (χ4v) is 1.91. The Hall–Kier alpha value is -1.95. The molecule has 2 atom stereocenters. The Labute approximate surface area is 114 Å². The van der Waals surface area contributed by atoms with Gasteiger partial charge in [0, 0.05) is 4.92 Å². The summed E-state index contributed by atoms with van der Waals surface area (Å²) in [6, 6.07) is 6.28. The first kappa shape index (κ1) is 15.1. The molecule has 0 heterocycles. The van der Waals surface area contributed by atoms with E-state index < -0.39 is 28.2 Å². The van der Waals surface area contributed by atoms with Gasteiger partial charge in [-0.3, -0.25) is 19.7 Å². The summed E-state index contributed by atoms with van der Waals surface area (Å²) in [5.41, 5.74) is -2.22. The predicted molar refractivity (Wildman–Crippen MR) is 68.0 cm³/mol. The molecule has 0 aliphatic heterocycles. The van der Waals surface area contributed by atoms with Gasteiger partial charge in [-0.1, -0.05) is 18.2 Å². The summed E-state index contributed by atoms with van der Waals surface area (Å²) >= 11 is 5.50. The Bertz CT molecular complexity index is 478. The quantitative estimate of drug-likeness (QED) is 0.249. The largest absolute Gasteiger partial charge is 0.464 e. The summed E-state index contributed by atoms with van der Waals surface area (Å²) in [5.74, 6) is -1.10. The number of carbonyl (C=O) groups is 2. The molecule has 0 spiro atoms. The molecule has 0 amide bonds. The predicted octanol–water partition coefficient (Wildman–Crippen LogP) is 1.48. The van der Waals surface area contributed by atoms with Crippen molar-refractivity contribution in [3.63, 3.8) is 0 Å². The van der Waals surface area contributed by atoms with Crippen LogP contribution >= 0.6 is 11.6 Å². The number of nitro groups is 1. The van der Waals surface area contributed by atoms with E-state index in [-0.39, 0.29) is 12.0 Å². The van der Waals surface area contributed by atoms with Crippen molar-refractivity contribution in [2.24, 2.45) is 0 Å². The van der Waals surface area contributed by atoms with Gasteiger partial charge in [0.05, 0.1) is 5.88 Å². The monoisotopic (exact) mass is 285 g/mol. The zero-order valence-electron chi connectivity index (χ0n) is 10.1. The molecular weight excluding hydrogens is 274 g/mol. The van der Waals surface area contributed by atoms with Crippen molar-refractivity contribution in [3.8, 4) is 5.75 Å². The van der Waals surface area contributed by atoms with Crippen molar-refractivity contribution < 1.29 is 19.2 Å². The van der Waals surface area contributed by atoms with Crippen LogP contribution in [-0.4, -0.2) is 34.5 Å². The molecule has 0 aliphatic rings. The van der Waals surface area contributed by atoms with Crippen LogP contribution in [-0.2, 0) is 9.59 Å². The number of ketones is 1. The molecule has 6 nitrogen and oxygen atoms in total. The number of nitrogens with zero attached hydrogens (tertiary/aromatic N) is 1. The van der Waals surface area contributed by atoms with Crippen LogP contribution in [0.2, 0.25) is 0 Å². The van der Waals surface area contributed by atoms with Gasteiger partial charge in [-0.05, 0) is 19.1 Å². The van der Waals surface area contributed by atoms with E-state index in [9.17, 15) is 19.7 Å². The maximum atomic E-state index is 11.7. The van der Waals surface area contributed by atoms with Crippen molar-refractivity contribution in [1.29, 1.82) is 0 Å². The van der Waals surface area contributed by atoms with Crippen LogP contribution in [0.4, 0.5) is 0 Å². The highest BCUT2D eigenvalue weighted by Gasteiger charge is 2.53. The maximum absolute atomic E-state index is 11.7. The van der Waals surface area contributed by atoms with E-state index in [0.29, 0.717) is 0 Å². The molecule has 0 fully saturated rings. The summed E-state index contributed by atoms with van der Waals surface area (Å²) in [6.07, 6.45) is 0.137. The number of Topliss-reactive ketones (excluding diaryl/α,β-unsaturated/α-hetero) is 1. The van der Waals surface area contributed by atoms with Crippen molar-refractivity contribution in [1.82, 2.24) is 0 Å². The summed E-state index contributed by atoms with van der Waals surface area (Å²) in [7, 11) is 0. The lowest BCUT2D eigenvalue weighted by atomic mass is 9.92. The molecule has 1 aromatic rings. The standard InChI is InChI=1S/C12H12ClNO5/c1-9(16)12(8-15,11(7-13)14(17)18)19-10-5-3-2-4-6-10/h2-6,8,11H,7H2,1H3. The molecule has 0 N–H and O–H groups in total. The molecule has 0 radical (unpaired) electrons. The third-order valence-corrected chi connectivity index (χ3v) is 2.94. The number of aldehydes is 1. The first-order valence-electron chi connectivity index (χ1n) is 5.38. The van der Waals surface area contributed by atoms with Gasteiger partial charge in [-0.2, -0.15) is 0 Å². The minimum absolute atomic E-state index is 0.137. The zero-order chi connectivity index (χ0) is 14.5. The van der Waals surface area contributed by atoms with Gasteiger partial charge in [0.2, 0.25) is 0 Å². The molecule has 1 rings (SSSR count). The highest BCUT2D eigenvalue weighted by Crippen LogP contribution is 2.23. The minimum Gasteiger partial charge on any atom is -0.464 e. The molecule has 102 valence electrons. The summed E-state index contributed by atoms with van der Waals surface area (Å²) in [6.45, 7) is 1.06. The van der Waals surface area contributed by atoms with E-state index in [1.165, 1.54) is 12.1 Å². The van der Waals surface area contributed by atoms with Crippen LogP contribution in [0, 0.1) is 10.1 Å². The number of para-hydroxylation sites is 1. The number of halogens is 1. The smallest absolute Gasteiger partial charge is 0.288 e. The molecular formula is C12H12ClNO5. The first-order chi connectivity index (χ1) is 8.97. The number of ether oxygens (including phenoxy) is 1. The Morgan fingerprint density at radius 2 is 2.11 bits per heavy atom. The highest BCUT2D eigenvalue weighted by molar-refractivity contribution is 6.19. The molecule has 0 aliphatic carbocycles. The van der Waals surface area contributed by atoms with E-state index in [4.69, 9.17) is 16.3 Å². The molecule has 0 bridgehead atoms. The molecule has 0 saturated heterocycles. The van der Waals surface area contributed by atoms with Gasteiger partial charge < -0.3 is 4.74 Å². The van der Waals surface area contributed by atoms with Gasteiger partial charge in [0.15, 0.2) is 12.1 Å². The van der Waals surface area contributed by atoms with Crippen molar-refractivity contribution in [3.05, 3.63) is 40.4 Å². The van der Waals surface area contributed by atoms with Crippen LogP contribution < -0.4 is 4.74 Å². The van der Waals surface area contributed by atoms with Crippen molar-refractivity contribution >= 4 is 23.7 Å². The van der Waals surface area contributed by atoms with Crippen LogP contribution in [0.15, 0.2) is 30.3 Å². The van der Waals surface area contributed by atoms with Crippen LogP contribution in [0.25, 0.3) is 0 Å². The SMILES string of the molecule is CC(=O)C(C=O)(Oc1ccccc1)C(CCl)[N+](=O)[O-]. The lowest BCUT2D eigenvalue weighted by Crippen LogP contribution is -2.58. The second-order valence-corrected chi connectivity index (χ2v) is 4.15. The highest BCUT2D eigenvalue weighted by atomic mass is 35.5. The van der Waals surface area contributed by atoms with E-state index in [0.717, 1.165) is 6.92 Å².